The molecule has 1 unspecified atom stereocenters. The van der Waals surface area contributed by atoms with Crippen molar-refractivity contribution < 1.29 is 18.0 Å². The monoisotopic (exact) mass is 226 g/mol. The lowest BCUT2D eigenvalue weighted by atomic mass is 10.8. The summed E-state index contributed by atoms with van der Waals surface area (Å²) in [6.07, 6.45) is -4.32. The second-order valence-electron chi connectivity index (χ2n) is 0.842. The first-order chi connectivity index (χ1) is 3.94. The van der Waals surface area contributed by atoms with Crippen molar-refractivity contribution in [3.8, 4) is 0 Å². The van der Waals surface area contributed by atoms with Gasteiger partial charge in [0.1, 0.15) is 6.79 Å². The van der Waals surface area contributed by atoms with Crippen LogP contribution >= 0.6 is 27.5 Å². The minimum Gasteiger partial charge on any atom is -0.307 e. The van der Waals surface area contributed by atoms with Gasteiger partial charge in [0.15, 0.2) is 4.29 Å². The number of carbonyl (C=O) groups is 1. The molecule has 0 rings (SSSR count). The van der Waals surface area contributed by atoms with E-state index in [1.165, 1.54) is 0 Å². The molecular formula is C3H3BrClF3O. The van der Waals surface area contributed by atoms with Gasteiger partial charge >= 0.3 is 6.18 Å². The summed E-state index contributed by atoms with van der Waals surface area (Å²) in [5, 5.41) is 0. The van der Waals surface area contributed by atoms with Gasteiger partial charge in [0.2, 0.25) is 0 Å². The van der Waals surface area contributed by atoms with Crippen LogP contribution in [0, 0.1) is 0 Å². The van der Waals surface area contributed by atoms with E-state index in [9.17, 15) is 13.2 Å². The topological polar surface area (TPSA) is 17.1 Å². The summed E-state index contributed by atoms with van der Waals surface area (Å²) < 4.78 is 31.1. The summed E-state index contributed by atoms with van der Waals surface area (Å²) in [4.78, 5) is 8.00. The Balaban J connectivity index is 0. The molecule has 6 heteroatoms. The normalized spacial score (nSPS) is 13.4. The van der Waals surface area contributed by atoms with Gasteiger partial charge < -0.3 is 4.79 Å². The maximum absolute atomic E-state index is 11.0. The van der Waals surface area contributed by atoms with E-state index in [2.05, 4.69) is 27.5 Å². The molecule has 0 N–H and O–H groups in total. The van der Waals surface area contributed by atoms with Gasteiger partial charge in [-0.25, -0.2) is 0 Å². The van der Waals surface area contributed by atoms with E-state index in [0.717, 1.165) is 0 Å². The SMILES string of the molecule is C=O.FC(F)(F)C(Cl)Br. The van der Waals surface area contributed by atoms with Crippen molar-refractivity contribution in [2.45, 2.75) is 10.5 Å². The molecule has 1 atom stereocenters. The van der Waals surface area contributed by atoms with Gasteiger partial charge in [0.25, 0.3) is 0 Å². The molecule has 56 valence electrons. The number of hydrogen-bond donors (Lipinski definition) is 0. The number of hydrogen-bond acceptors (Lipinski definition) is 1. The summed E-state index contributed by atoms with van der Waals surface area (Å²) in [7, 11) is 0. The fourth-order valence-electron chi connectivity index (χ4n) is 0. The van der Waals surface area contributed by atoms with Gasteiger partial charge in [-0.15, -0.1) is 11.6 Å². The molecule has 0 fully saturated rings. The fourth-order valence-corrected chi connectivity index (χ4v) is 0. The highest BCUT2D eigenvalue weighted by molar-refractivity contribution is 9.10. The molecule has 1 nitrogen and oxygen atoms in total. The van der Waals surface area contributed by atoms with Crippen molar-refractivity contribution in [2.75, 3.05) is 0 Å². The van der Waals surface area contributed by atoms with Gasteiger partial charge in [0, 0.05) is 0 Å². The van der Waals surface area contributed by atoms with Gasteiger partial charge in [-0.3, -0.25) is 0 Å². The largest absolute Gasteiger partial charge is 0.414 e. The van der Waals surface area contributed by atoms with Crippen molar-refractivity contribution >= 4 is 34.3 Å². The summed E-state index contributed by atoms with van der Waals surface area (Å²) >= 11 is 6.68. The molecule has 0 aromatic rings. The molecule has 0 spiro atoms. The smallest absolute Gasteiger partial charge is 0.307 e. The molecular weight excluding hydrogens is 224 g/mol. The maximum Gasteiger partial charge on any atom is 0.414 e. The van der Waals surface area contributed by atoms with E-state index in [1.807, 2.05) is 6.79 Å². The Bertz CT molecular complexity index is 73.9. The molecule has 0 aliphatic carbocycles. The predicted octanol–water partition coefficient (Wildman–Crippen LogP) is 2.32. The Kier molecular flexibility index (Phi) is 6.71. The second-order valence-corrected chi connectivity index (χ2v) is 2.72. The van der Waals surface area contributed by atoms with E-state index in [0.29, 0.717) is 0 Å². The molecule has 0 bridgehead atoms. The van der Waals surface area contributed by atoms with Crippen LogP contribution in [0.25, 0.3) is 0 Å². The minimum atomic E-state index is -4.32. The molecule has 0 saturated heterocycles. The van der Waals surface area contributed by atoms with Crippen molar-refractivity contribution in [2.24, 2.45) is 0 Å². The fraction of sp³-hybridized carbons (Fsp3) is 0.667. The Morgan fingerprint density at radius 3 is 1.56 bits per heavy atom. The quantitative estimate of drug-likeness (QED) is 0.581. The molecule has 0 radical (unpaired) electrons. The van der Waals surface area contributed by atoms with Gasteiger partial charge in [-0.1, -0.05) is 15.9 Å². The lowest BCUT2D eigenvalue weighted by Crippen LogP contribution is -2.16. The van der Waals surface area contributed by atoms with Crippen LogP contribution in [-0.2, 0) is 4.79 Å². The molecule has 0 saturated carbocycles. The number of rotatable bonds is 0. The van der Waals surface area contributed by atoms with E-state index in [-0.39, 0.29) is 0 Å². The molecule has 9 heavy (non-hydrogen) atoms. The third kappa shape index (κ3) is 8.23. The van der Waals surface area contributed by atoms with E-state index < -0.39 is 10.5 Å². The van der Waals surface area contributed by atoms with E-state index in [1.54, 1.807) is 0 Å². The summed E-state index contributed by atoms with van der Waals surface area (Å²) in [5.74, 6) is 0. The van der Waals surface area contributed by atoms with Gasteiger partial charge in [0.05, 0.1) is 0 Å². The standard InChI is InChI=1S/C2HBrClF3.CH2O/c3-1(4)2(5,6)7;1-2/h1H;1H2. The van der Waals surface area contributed by atoms with Crippen LogP contribution in [0.3, 0.4) is 0 Å². The Morgan fingerprint density at radius 2 is 1.56 bits per heavy atom. The van der Waals surface area contributed by atoms with Crippen molar-refractivity contribution in [1.82, 2.24) is 0 Å². The molecule has 0 heterocycles. The highest BCUT2D eigenvalue weighted by atomic mass is 79.9. The molecule has 0 aliphatic heterocycles. The van der Waals surface area contributed by atoms with Crippen molar-refractivity contribution in [3.05, 3.63) is 0 Å². The zero-order valence-corrected chi connectivity index (χ0v) is 6.42. The first-order valence-corrected chi connectivity index (χ1v) is 2.93. The summed E-state index contributed by atoms with van der Waals surface area (Å²) in [6, 6.07) is 0. The molecule has 0 aromatic heterocycles. The Hall–Kier alpha value is 0.230. The number of halogens is 5. The second kappa shape index (κ2) is 5.05. The van der Waals surface area contributed by atoms with Crippen LogP contribution in [-0.4, -0.2) is 17.3 Å². The van der Waals surface area contributed by atoms with Crippen LogP contribution in [0.15, 0.2) is 0 Å². The lowest BCUT2D eigenvalue weighted by molar-refractivity contribution is -0.112. The first-order valence-electron chi connectivity index (χ1n) is 1.58. The Labute approximate surface area is 63.3 Å². The van der Waals surface area contributed by atoms with Crippen molar-refractivity contribution in [1.29, 1.82) is 0 Å². The highest BCUT2D eigenvalue weighted by Gasteiger charge is 2.35. The van der Waals surface area contributed by atoms with Crippen LogP contribution in [0.4, 0.5) is 13.2 Å². The van der Waals surface area contributed by atoms with E-state index in [4.69, 9.17) is 4.79 Å². The zero-order valence-electron chi connectivity index (χ0n) is 4.08. The predicted molar refractivity (Wildman–Crippen MR) is 31.7 cm³/mol. The third-order valence-electron chi connectivity index (χ3n) is 0.247. The molecule has 0 aliphatic rings. The van der Waals surface area contributed by atoms with Gasteiger partial charge in [-0.2, -0.15) is 13.2 Å². The third-order valence-corrected chi connectivity index (χ3v) is 1.01. The summed E-state index contributed by atoms with van der Waals surface area (Å²) in [6.45, 7) is 2.00. The molecule has 0 amide bonds. The van der Waals surface area contributed by atoms with Gasteiger partial charge in [-0.05, 0) is 0 Å². The average Bonchev–Trinajstić information content (AvgIpc) is 1.69. The number of carbonyl (C=O) groups excluding carboxylic acids is 1. The van der Waals surface area contributed by atoms with Crippen LogP contribution in [0.2, 0.25) is 0 Å². The minimum absolute atomic E-state index is 1.92. The van der Waals surface area contributed by atoms with Crippen LogP contribution in [0.5, 0.6) is 0 Å². The maximum atomic E-state index is 11.0. The van der Waals surface area contributed by atoms with Crippen LogP contribution in [0.1, 0.15) is 0 Å². The lowest BCUT2D eigenvalue weighted by Gasteiger charge is -2.03. The first kappa shape index (κ1) is 12.0. The zero-order chi connectivity index (χ0) is 8.08. The number of alkyl halides is 5. The van der Waals surface area contributed by atoms with Crippen molar-refractivity contribution in [3.63, 3.8) is 0 Å². The van der Waals surface area contributed by atoms with Crippen LogP contribution < -0.4 is 0 Å². The Morgan fingerprint density at radius 1 is 1.44 bits per heavy atom. The molecule has 0 aromatic carbocycles. The highest BCUT2D eigenvalue weighted by Crippen LogP contribution is 2.28. The van der Waals surface area contributed by atoms with E-state index >= 15 is 0 Å². The average molecular weight is 227 g/mol. The summed E-state index contributed by atoms with van der Waals surface area (Å²) in [5.41, 5.74) is 0.